The van der Waals surface area contributed by atoms with Crippen LogP contribution in [0, 0.1) is 16.2 Å². The first-order valence-electron chi connectivity index (χ1n) is 46.7. The number of likely N-dealkylation sites (tertiary alicyclic amines) is 3. The minimum atomic E-state index is -5.24. The molecule has 0 aromatic rings. The van der Waals surface area contributed by atoms with Crippen molar-refractivity contribution < 1.29 is 202 Å². The summed E-state index contributed by atoms with van der Waals surface area (Å²) in [6.45, 7) is -0.756. The molecule has 0 radical (unpaired) electrons. The van der Waals surface area contributed by atoms with Gasteiger partial charge in [-0.25, -0.2) is 13.7 Å². The predicted octanol–water partition coefficient (Wildman–Crippen LogP) is -2.68. The molecule has 794 valence electrons. The van der Waals surface area contributed by atoms with Crippen LogP contribution in [-0.2, 0) is 131 Å². The molecule has 9 amide bonds. The van der Waals surface area contributed by atoms with Crippen LogP contribution in [0.1, 0.15) is 175 Å². The molecular weight excluding hydrogens is 1910 g/mol. The average molecular weight is 2060 g/mol. The monoisotopic (exact) mass is 2060 g/mol. The van der Waals surface area contributed by atoms with E-state index in [2.05, 4.69) is 31.9 Å². The molecule has 0 aromatic carbocycles. The van der Waals surface area contributed by atoms with Gasteiger partial charge in [0, 0.05) is 141 Å². The third-order valence-electron chi connectivity index (χ3n) is 24.4. The molecule has 6 rings (SSSR count). The molecule has 0 aromatic heterocycles. The van der Waals surface area contributed by atoms with Crippen molar-refractivity contribution in [2.24, 2.45) is 16.2 Å². The fraction of sp³-hybridized carbons (Fsp3) is 0.890. The summed E-state index contributed by atoms with van der Waals surface area (Å²) in [4.78, 5) is 162. The van der Waals surface area contributed by atoms with Crippen molar-refractivity contribution >= 4 is 84.2 Å². The highest BCUT2D eigenvalue weighted by Gasteiger charge is 2.51. The zero-order valence-electron chi connectivity index (χ0n) is 78.5. The summed E-state index contributed by atoms with van der Waals surface area (Å²) in [5.74, 6) is -3.19. The van der Waals surface area contributed by atoms with E-state index >= 15 is 0 Å². The maximum atomic E-state index is 14.3. The van der Waals surface area contributed by atoms with Crippen molar-refractivity contribution in [3.63, 3.8) is 0 Å². The fourth-order valence-corrected chi connectivity index (χ4v) is 19.1. The van der Waals surface area contributed by atoms with Crippen molar-refractivity contribution in [3.8, 4) is 0 Å². The number of hydrogen-bond acceptors (Lipinski definition) is 38. The van der Waals surface area contributed by atoms with Gasteiger partial charge in [-0.15, -0.1) is 0 Å². The summed E-state index contributed by atoms with van der Waals surface area (Å²) in [7, 11) is -19.0. The van der Waals surface area contributed by atoms with Crippen LogP contribution >= 0.6 is 31.1 Å². The number of unbranched alkanes of at least 4 members (excludes halogenated alkanes) is 6. The quantitative estimate of drug-likeness (QED) is 0.0218. The van der Waals surface area contributed by atoms with Gasteiger partial charge in [0.05, 0.1) is 119 Å². The number of amides is 9. The first kappa shape index (κ1) is 121. The summed E-state index contributed by atoms with van der Waals surface area (Å²) in [6, 6.07) is -3.44. The number of carbonyl (C=O) groups is 9. The molecule has 55 heteroatoms. The van der Waals surface area contributed by atoms with E-state index in [1.807, 2.05) is 0 Å². The Morgan fingerprint density at radius 2 is 0.599 bits per heavy atom. The Morgan fingerprint density at radius 3 is 0.869 bits per heavy atom. The van der Waals surface area contributed by atoms with E-state index in [4.69, 9.17) is 69.6 Å². The van der Waals surface area contributed by atoms with Crippen LogP contribution in [0.15, 0.2) is 0 Å². The van der Waals surface area contributed by atoms with Crippen LogP contribution in [-0.4, -0.2) is 415 Å². The van der Waals surface area contributed by atoms with Gasteiger partial charge in [-0.05, 0) is 96.3 Å². The molecule has 6 fully saturated rings. The highest BCUT2D eigenvalue weighted by molar-refractivity contribution is 7.51. The molecule has 20 N–H and O–H groups in total. The molecule has 19 unspecified atom stereocenters. The van der Waals surface area contributed by atoms with Crippen LogP contribution in [0.5, 0.6) is 0 Å². The van der Waals surface area contributed by atoms with Gasteiger partial charge in [-0.1, -0.05) is 19.3 Å². The lowest BCUT2D eigenvalue weighted by Gasteiger charge is -2.43. The first-order valence-corrected chi connectivity index (χ1v) is 53.2. The number of nitrogens with zero attached hydrogens (tertiary/aromatic N) is 3. The summed E-state index contributed by atoms with van der Waals surface area (Å²) >= 11 is 0. The SMILES string of the molecule is CC(=O)NC1C(OCCCC(=O)NCCCCCC(=O)N2CCC(CO)(COP(=O)(O)OCC3(COP(=O)(O)OCC4(COP(=O)(O)OCCOCCOCCOP(C)(=O)O)CCN(C(=O)CCCCCNC(=O)CCCOC5OC(CO)C(O)C(O)C5NC(C)=O)CC4)CCN(C(=O)CCCCCNC(=O)CCCOC4OC(CO)C(O)C(O)C4NC(C)=O)CC3)CC2)OC(CO)C(O)C1O. The molecule has 19 atom stereocenters. The van der Waals surface area contributed by atoms with Gasteiger partial charge in [0.1, 0.15) is 73.1 Å². The lowest BCUT2D eigenvalue weighted by atomic mass is 9.80. The third kappa shape index (κ3) is 44.2. The van der Waals surface area contributed by atoms with E-state index in [0.717, 1.165) is 6.66 Å². The second-order valence-corrected chi connectivity index (χ2v) is 41.7. The Balaban J connectivity index is 1.02. The second kappa shape index (κ2) is 61.3. The summed E-state index contributed by atoms with van der Waals surface area (Å²) in [5, 5.41) is 118. The third-order valence-corrected chi connectivity index (χ3v) is 27.8. The average Bonchev–Trinajstić information content (AvgIpc) is 0.797. The lowest BCUT2D eigenvalue weighted by molar-refractivity contribution is -0.270. The van der Waals surface area contributed by atoms with Crippen molar-refractivity contribution in [2.75, 3.05) is 184 Å². The highest BCUT2D eigenvalue weighted by atomic mass is 31.2. The largest absolute Gasteiger partial charge is 0.472 e. The van der Waals surface area contributed by atoms with Crippen molar-refractivity contribution in [3.05, 3.63) is 0 Å². The normalized spacial score (nSPS) is 26.7. The van der Waals surface area contributed by atoms with Gasteiger partial charge >= 0.3 is 31.1 Å². The zero-order chi connectivity index (χ0) is 101. The molecule has 0 aliphatic carbocycles. The Kier molecular flexibility index (Phi) is 54.0. The van der Waals surface area contributed by atoms with Crippen LogP contribution < -0.4 is 31.9 Å². The molecule has 6 aliphatic heterocycles. The number of ether oxygens (including phenoxy) is 8. The van der Waals surface area contributed by atoms with Gasteiger partial charge < -0.3 is 160 Å². The molecule has 137 heavy (non-hydrogen) atoms. The molecule has 6 aliphatic rings. The van der Waals surface area contributed by atoms with Crippen LogP contribution in [0.3, 0.4) is 0 Å². The topological polar surface area (TPSA) is 725 Å². The molecular formula is C82H149N9O42P4. The maximum absolute atomic E-state index is 14.3. The van der Waals surface area contributed by atoms with Crippen LogP contribution in [0.4, 0.5) is 0 Å². The molecule has 0 spiro atoms. The van der Waals surface area contributed by atoms with Gasteiger partial charge in [0.15, 0.2) is 18.9 Å². The molecule has 6 heterocycles. The Labute approximate surface area is 796 Å². The first-order chi connectivity index (χ1) is 64.9. The molecule has 6 saturated heterocycles. The number of phosphoric acid groups is 3. The van der Waals surface area contributed by atoms with E-state index in [1.165, 1.54) is 30.6 Å². The van der Waals surface area contributed by atoms with Gasteiger partial charge in [-0.2, -0.15) is 0 Å². The van der Waals surface area contributed by atoms with E-state index in [1.54, 1.807) is 4.90 Å². The Morgan fingerprint density at radius 1 is 0.336 bits per heavy atom. The van der Waals surface area contributed by atoms with Gasteiger partial charge in [0.25, 0.3) is 0 Å². The van der Waals surface area contributed by atoms with E-state index in [9.17, 15) is 132 Å². The minimum absolute atomic E-state index is 0.00740. The number of nitrogens with one attached hydrogen (secondary N) is 6. The minimum Gasteiger partial charge on any atom is -0.396 e. The van der Waals surface area contributed by atoms with Crippen LogP contribution in [0.2, 0.25) is 0 Å². The number of phosphoric ester groups is 3. The lowest BCUT2D eigenvalue weighted by Crippen LogP contribution is -2.64. The number of hydrogen-bond donors (Lipinski definition) is 20. The van der Waals surface area contributed by atoms with Gasteiger partial charge in [0.2, 0.25) is 53.2 Å². The Hall–Kier alpha value is -5.01. The molecule has 0 bridgehead atoms. The standard InChI is InChI=1S/C82H149N9O42P4/c1-56(96)86-68-74(108)71(105)59(47-92)131-77(68)121-38-14-17-62(99)83-29-11-5-8-20-65(102)89-32-23-80(50-95,24-33-89)51-126-136(115,116)128-54-82(27-36-91(37-28-82)67(104)22-10-7-13-31-85-64(101)19-16-40-123-79-70(88-58(3)98)76(110)73(107)61(49-94)133-79)55-130-137(117,118)129-53-81(52-127-135(113,114)125-46-44-120-42-41-119-43-45-124-134(4,111)112)25-34-90(35-26-81)66(103)21-9-6-12-30-84-63(100)18-15-39-122-78-69(87-57(2)97)75(109)72(106)60(48-93)132-78/h59-61,68-79,92-95,105-110H,5-55H2,1-4H3,(H,83,99)(H,84,100)(H,85,101)(H,86,96)(H,87,97)(H,88,98)(H,111,112)(H,113,114)(H,115,116)(H,117,118). The van der Waals surface area contributed by atoms with E-state index in [-0.39, 0.29) is 237 Å². The van der Waals surface area contributed by atoms with Crippen molar-refractivity contribution in [2.45, 2.75) is 267 Å². The van der Waals surface area contributed by atoms with Crippen molar-refractivity contribution in [1.82, 2.24) is 46.6 Å². The summed E-state index contributed by atoms with van der Waals surface area (Å²) in [5.41, 5.74) is -3.92. The van der Waals surface area contributed by atoms with E-state index in [0.29, 0.717) is 64.3 Å². The predicted molar refractivity (Wildman–Crippen MR) is 476 cm³/mol. The number of aliphatic hydroxyl groups is 10. The zero-order valence-corrected chi connectivity index (χ0v) is 82.1. The summed E-state index contributed by atoms with van der Waals surface area (Å²) in [6.07, 6.45) is -10.6. The number of aliphatic hydroxyl groups excluding tert-OH is 10. The Bertz CT molecular complexity index is 3850. The van der Waals surface area contributed by atoms with Crippen LogP contribution in [0.25, 0.3) is 0 Å². The highest BCUT2D eigenvalue weighted by Crippen LogP contribution is 2.54. The summed E-state index contributed by atoms with van der Waals surface area (Å²) < 4.78 is 136. The second-order valence-electron chi connectivity index (χ2n) is 35.5. The smallest absolute Gasteiger partial charge is 0.396 e. The van der Waals surface area contributed by atoms with Gasteiger partial charge in [-0.3, -0.25) is 74.9 Å². The van der Waals surface area contributed by atoms with E-state index < -0.39 is 223 Å². The fourth-order valence-electron chi connectivity index (χ4n) is 16.0. The molecule has 51 nitrogen and oxygen atoms in total. The molecule has 0 saturated carbocycles. The number of rotatable bonds is 66. The number of carbonyl (C=O) groups excluding carboxylic acids is 9. The number of piperidine rings is 3. The van der Waals surface area contributed by atoms with Crippen molar-refractivity contribution in [1.29, 1.82) is 0 Å². The maximum Gasteiger partial charge on any atom is 0.472 e.